The van der Waals surface area contributed by atoms with Gasteiger partial charge in [-0.25, -0.2) is 4.98 Å². The maximum atomic E-state index is 12.4. The molecule has 3 rings (SSSR count). The van der Waals surface area contributed by atoms with E-state index in [4.69, 9.17) is 25.1 Å². The minimum absolute atomic E-state index is 0.0722. The van der Waals surface area contributed by atoms with Gasteiger partial charge in [0.05, 0.1) is 28.0 Å². The zero-order valence-corrected chi connectivity index (χ0v) is 16.7. The fourth-order valence-electron chi connectivity index (χ4n) is 2.42. The number of para-hydroxylation sites is 1. The first-order valence-corrected chi connectivity index (χ1v) is 9.70. The van der Waals surface area contributed by atoms with Gasteiger partial charge in [0.15, 0.2) is 0 Å². The number of nitrogens with two attached hydrogens (primary N) is 1. The van der Waals surface area contributed by atoms with Gasteiger partial charge in [-0.1, -0.05) is 30.7 Å². The van der Waals surface area contributed by atoms with Crippen LogP contribution in [0.25, 0.3) is 22.3 Å². The van der Waals surface area contributed by atoms with E-state index in [0.29, 0.717) is 23.7 Å². The maximum Gasteiger partial charge on any atom is 0.288 e. The molecule has 0 bridgehead atoms. The number of halogens is 1. The summed E-state index contributed by atoms with van der Waals surface area (Å²) in [6, 6.07) is 9.66. The lowest BCUT2D eigenvalue weighted by molar-refractivity contribution is -0.384. The van der Waals surface area contributed by atoms with Crippen LogP contribution in [0.15, 0.2) is 41.2 Å². The molecule has 2 aromatic carbocycles. The third-order valence-electron chi connectivity index (χ3n) is 3.57. The van der Waals surface area contributed by atoms with E-state index < -0.39 is 21.7 Å². The van der Waals surface area contributed by atoms with Crippen LogP contribution in [-0.4, -0.2) is 30.3 Å². The third kappa shape index (κ3) is 5.81. The number of hydrogen-bond donors (Lipinski definition) is 2. The van der Waals surface area contributed by atoms with Crippen LogP contribution < -0.4 is 15.4 Å². The van der Waals surface area contributed by atoms with Gasteiger partial charge in [-0.3, -0.25) is 24.3 Å². The average Bonchev–Trinajstić information content (AvgIpc) is 2.65. The molecule has 0 aliphatic rings. The highest BCUT2D eigenvalue weighted by Crippen LogP contribution is 2.30. The number of nitro benzene ring substituents is 1. The Hall–Kier alpha value is -2.86. The number of ether oxygens (including phenoxy) is 1. The van der Waals surface area contributed by atoms with Crippen LogP contribution >= 0.6 is 11.6 Å². The molecule has 154 valence electrons. The van der Waals surface area contributed by atoms with E-state index >= 15 is 0 Å². The van der Waals surface area contributed by atoms with Crippen molar-refractivity contribution in [3.05, 3.63) is 61.9 Å². The molecule has 29 heavy (non-hydrogen) atoms. The monoisotopic (exact) mass is 439 g/mol. The number of hydrogen-bond acceptors (Lipinski definition) is 7. The van der Waals surface area contributed by atoms with Crippen molar-refractivity contribution in [3.8, 4) is 17.1 Å². The highest BCUT2D eigenvalue weighted by Gasteiger charge is 2.17. The predicted molar refractivity (Wildman–Crippen MR) is 108 cm³/mol. The van der Waals surface area contributed by atoms with Crippen LogP contribution in [0.2, 0.25) is 5.02 Å². The number of nitrogens with zero attached hydrogens (tertiary/aromatic N) is 2. The average molecular weight is 440 g/mol. The summed E-state index contributed by atoms with van der Waals surface area (Å²) in [5.41, 5.74) is 0.0926. The minimum atomic E-state index is -2.36. The van der Waals surface area contributed by atoms with Crippen LogP contribution in [-0.2, 0) is 11.3 Å². The van der Waals surface area contributed by atoms with Crippen LogP contribution in [0, 0.1) is 10.1 Å². The summed E-state index contributed by atoms with van der Waals surface area (Å²) in [7, 11) is 0. The molecule has 3 aromatic rings. The molecule has 3 N–H and O–H groups in total. The summed E-state index contributed by atoms with van der Waals surface area (Å²) in [6.07, 6.45) is 0.843. The molecule has 0 aliphatic carbocycles. The first-order chi connectivity index (χ1) is 13.7. The Kier molecular flexibility index (Phi) is 7.79. The molecule has 1 unspecified atom stereocenters. The highest BCUT2D eigenvalue weighted by molar-refractivity contribution is 7.76. The van der Waals surface area contributed by atoms with E-state index in [9.17, 15) is 14.9 Å². The third-order valence-corrected chi connectivity index (χ3v) is 3.88. The summed E-state index contributed by atoms with van der Waals surface area (Å²) in [6.45, 7) is 2.53. The van der Waals surface area contributed by atoms with E-state index in [1.165, 1.54) is 6.07 Å². The van der Waals surface area contributed by atoms with Crippen LogP contribution in [0.5, 0.6) is 5.75 Å². The normalized spacial score (nSPS) is 11.4. The molecule has 0 saturated carbocycles. The van der Waals surface area contributed by atoms with Gasteiger partial charge in [0.2, 0.25) is 0 Å². The number of nitrogens with one attached hydrogen (secondary N) is 1. The van der Waals surface area contributed by atoms with Gasteiger partial charge in [-0.15, -0.1) is 0 Å². The van der Waals surface area contributed by atoms with Gasteiger partial charge in [0, 0.05) is 17.3 Å². The Labute approximate surface area is 172 Å². The van der Waals surface area contributed by atoms with E-state index in [1.807, 2.05) is 13.0 Å². The lowest BCUT2D eigenvalue weighted by Crippen LogP contribution is -2.10. The van der Waals surface area contributed by atoms with Crippen LogP contribution in [0.3, 0.4) is 0 Å². The molecule has 0 aliphatic heterocycles. The van der Waals surface area contributed by atoms with Gasteiger partial charge in [-0.2, -0.15) is 0 Å². The van der Waals surface area contributed by atoms with Gasteiger partial charge < -0.3 is 14.3 Å². The van der Waals surface area contributed by atoms with Crippen LogP contribution in [0.1, 0.15) is 13.3 Å². The second-order valence-corrected chi connectivity index (χ2v) is 6.53. The van der Waals surface area contributed by atoms with Crippen molar-refractivity contribution in [2.24, 2.45) is 5.14 Å². The number of aromatic amines is 1. The number of nitro groups is 1. The van der Waals surface area contributed by atoms with E-state index in [0.717, 1.165) is 12.5 Å². The molecule has 12 heteroatoms. The Balaban J connectivity index is 0.000000687. The van der Waals surface area contributed by atoms with Gasteiger partial charge >= 0.3 is 0 Å². The summed E-state index contributed by atoms with van der Waals surface area (Å²) in [4.78, 5) is 29.8. The highest BCUT2D eigenvalue weighted by atomic mass is 35.5. The van der Waals surface area contributed by atoms with Gasteiger partial charge in [0.25, 0.3) is 11.2 Å². The van der Waals surface area contributed by atoms with Crippen molar-refractivity contribution in [2.75, 3.05) is 6.61 Å². The second-order valence-electron chi connectivity index (χ2n) is 5.60. The van der Waals surface area contributed by atoms with Crippen molar-refractivity contribution in [1.82, 2.24) is 9.97 Å². The molecule has 1 atom stereocenters. The quantitative estimate of drug-likeness (QED) is 0.350. The zero-order chi connectivity index (χ0) is 21.6. The zero-order valence-electron chi connectivity index (χ0n) is 15.1. The van der Waals surface area contributed by atoms with Gasteiger partial charge in [-0.05, 0) is 24.6 Å². The molecule has 10 nitrogen and oxygen atoms in total. The Morgan fingerprint density at radius 2 is 2.00 bits per heavy atom. The fourth-order valence-corrected chi connectivity index (χ4v) is 2.64. The smallest absolute Gasteiger partial charge is 0.288 e. The molecule has 0 radical (unpaired) electrons. The van der Waals surface area contributed by atoms with E-state index in [-0.39, 0.29) is 21.6 Å². The number of rotatable bonds is 5. The summed E-state index contributed by atoms with van der Waals surface area (Å²) in [5.74, 6) is 0.911. The lowest BCUT2D eigenvalue weighted by atomic mass is 10.1. The fraction of sp³-hybridized carbons (Fsp3) is 0.176. The minimum Gasteiger partial charge on any atom is -0.760 e. The maximum absolute atomic E-state index is 12.4. The van der Waals surface area contributed by atoms with Gasteiger partial charge in [0.1, 0.15) is 16.6 Å². The Morgan fingerprint density at radius 3 is 2.62 bits per heavy atom. The lowest BCUT2D eigenvalue weighted by Gasteiger charge is -2.10. The molecule has 0 spiro atoms. The Morgan fingerprint density at radius 1 is 1.34 bits per heavy atom. The van der Waals surface area contributed by atoms with Crippen molar-refractivity contribution in [2.45, 2.75) is 13.3 Å². The predicted octanol–water partition coefficient (Wildman–Crippen LogP) is 2.68. The van der Waals surface area contributed by atoms with E-state index in [1.54, 1.807) is 18.2 Å². The molecule has 0 saturated heterocycles. The van der Waals surface area contributed by atoms with E-state index in [2.05, 4.69) is 15.1 Å². The largest absolute Gasteiger partial charge is 0.760 e. The molecule has 0 amide bonds. The first kappa shape index (κ1) is 22.4. The number of aromatic nitrogens is 2. The van der Waals surface area contributed by atoms with Crippen molar-refractivity contribution in [3.63, 3.8) is 0 Å². The molecule has 1 heterocycles. The van der Waals surface area contributed by atoms with Crippen molar-refractivity contribution < 1.29 is 18.4 Å². The second kappa shape index (κ2) is 10.1. The molecular formula is C17H16ClN4O6S-. The summed E-state index contributed by atoms with van der Waals surface area (Å²) in [5, 5.41) is 15.0. The molecule has 0 fully saturated rings. The topological polar surface area (TPSA) is 164 Å². The number of benzene rings is 2. The molecular weight excluding hydrogens is 424 g/mol. The summed E-state index contributed by atoms with van der Waals surface area (Å²) >= 11 is 3.57. The van der Waals surface area contributed by atoms with Crippen molar-refractivity contribution in [1.29, 1.82) is 0 Å². The first-order valence-electron chi connectivity index (χ1n) is 8.18. The number of H-pyrrole nitrogens is 1. The summed E-state index contributed by atoms with van der Waals surface area (Å²) < 4.78 is 23.2. The number of fused-ring (bicyclic) bond motifs is 1. The SMILES string of the molecule is CCCOc1ccccc1-c1nc2cc(Cl)c([N+](=O)[O-])cc2c(=O)[nH]1.NS(=O)[O-]. The standard InChI is InChI=1S/C17H14ClN3O4.H3NO2S/c1-2-7-25-15-6-4-3-5-10(15)16-19-13-9-12(18)14(21(23)24)8-11(13)17(22)20-16;1-4(2)3/h3-6,8-9H,2,7H2,1H3,(H,19,20,22);1H2,(H,2,3)/p-1. The van der Waals surface area contributed by atoms with Crippen LogP contribution in [0.4, 0.5) is 5.69 Å². The molecule has 1 aromatic heterocycles. The Bertz CT molecular complexity index is 1120. The van der Waals surface area contributed by atoms with Crippen molar-refractivity contribution >= 4 is 39.5 Å².